The molecule has 27 heavy (non-hydrogen) atoms. The number of ether oxygens (including phenoxy) is 1. The molecule has 2 aromatic heterocycles. The third kappa shape index (κ3) is 3.17. The number of benzene rings is 1. The Balaban J connectivity index is 1.32. The molecule has 1 aromatic carbocycles. The number of aromatic nitrogens is 2. The monoisotopic (exact) mass is 382 g/mol. The van der Waals surface area contributed by atoms with E-state index in [0.717, 1.165) is 24.2 Å². The number of hydrogen-bond acceptors (Lipinski definition) is 7. The topological polar surface area (TPSA) is 106 Å². The molecule has 0 bridgehead atoms. The van der Waals surface area contributed by atoms with Gasteiger partial charge in [0.25, 0.3) is 11.8 Å². The van der Waals surface area contributed by atoms with Crippen molar-refractivity contribution in [2.45, 2.75) is 18.8 Å². The van der Waals surface area contributed by atoms with Crippen LogP contribution in [0.2, 0.25) is 0 Å². The van der Waals surface area contributed by atoms with Crippen LogP contribution in [0.4, 0.5) is 10.8 Å². The summed E-state index contributed by atoms with van der Waals surface area (Å²) in [6.07, 6.45) is 2.16. The van der Waals surface area contributed by atoms with Crippen LogP contribution in [0.25, 0.3) is 11.3 Å². The number of thiazole rings is 1. The van der Waals surface area contributed by atoms with Gasteiger partial charge in [-0.2, -0.15) is 0 Å². The van der Waals surface area contributed by atoms with Crippen molar-refractivity contribution in [3.63, 3.8) is 0 Å². The third-order valence-corrected chi connectivity index (χ3v) is 5.13. The highest BCUT2D eigenvalue weighted by Crippen LogP contribution is 2.40. The number of nitrogens with zero attached hydrogens (tertiary/aromatic N) is 2. The van der Waals surface area contributed by atoms with Crippen molar-refractivity contribution in [3.05, 3.63) is 41.1 Å². The molecule has 0 spiro atoms. The second-order valence-corrected chi connectivity index (χ2v) is 7.29. The number of hydrogen-bond donors (Lipinski definition) is 2. The van der Waals surface area contributed by atoms with Crippen molar-refractivity contribution < 1.29 is 18.8 Å². The maximum absolute atomic E-state index is 12.3. The van der Waals surface area contributed by atoms with Gasteiger partial charge < -0.3 is 14.6 Å². The molecule has 1 saturated carbocycles. The summed E-state index contributed by atoms with van der Waals surface area (Å²) in [6, 6.07) is 7.13. The van der Waals surface area contributed by atoms with Gasteiger partial charge in [0.05, 0.1) is 11.4 Å². The fraction of sp³-hybridized carbons (Fsp3) is 0.222. The number of nitrogens with one attached hydrogen (secondary N) is 2. The lowest BCUT2D eigenvalue weighted by Gasteiger charge is -2.18. The van der Waals surface area contributed by atoms with Gasteiger partial charge in [0, 0.05) is 22.9 Å². The number of carbonyl (C=O) groups is 2. The summed E-state index contributed by atoms with van der Waals surface area (Å²) in [6.45, 7) is 0.0176. The number of fused-ring (bicyclic) bond motifs is 1. The van der Waals surface area contributed by atoms with E-state index in [1.54, 1.807) is 18.2 Å². The van der Waals surface area contributed by atoms with E-state index in [4.69, 9.17) is 9.26 Å². The molecule has 0 radical (unpaired) electrons. The molecule has 1 aliphatic carbocycles. The molecular formula is C18H14N4O4S. The van der Waals surface area contributed by atoms with Crippen molar-refractivity contribution in [3.8, 4) is 17.0 Å². The molecule has 0 saturated heterocycles. The lowest BCUT2D eigenvalue weighted by molar-refractivity contribution is -0.118. The van der Waals surface area contributed by atoms with Gasteiger partial charge in [-0.3, -0.25) is 14.9 Å². The van der Waals surface area contributed by atoms with Gasteiger partial charge in [0.15, 0.2) is 17.4 Å². The number of anilines is 2. The van der Waals surface area contributed by atoms with E-state index >= 15 is 0 Å². The molecule has 0 unspecified atom stereocenters. The predicted molar refractivity (Wildman–Crippen MR) is 98.1 cm³/mol. The van der Waals surface area contributed by atoms with Crippen LogP contribution in [-0.4, -0.2) is 28.6 Å². The predicted octanol–water partition coefficient (Wildman–Crippen LogP) is 3.26. The summed E-state index contributed by atoms with van der Waals surface area (Å²) in [5, 5.41) is 11.6. The van der Waals surface area contributed by atoms with Crippen LogP contribution in [0.15, 0.2) is 34.2 Å². The van der Waals surface area contributed by atoms with Crippen LogP contribution < -0.4 is 15.4 Å². The smallest absolute Gasteiger partial charge is 0.279 e. The van der Waals surface area contributed by atoms with Crippen molar-refractivity contribution in [2.24, 2.45) is 0 Å². The van der Waals surface area contributed by atoms with Gasteiger partial charge in [0.2, 0.25) is 0 Å². The first-order valence-electron chi connectivity index (χ1n) is 8.46. The summed E-state index contributed by atoms with van der Waals surface area (Å²) in [5.41, 5.74) is 2.37. The van der Waals surface area contributed by atoms with Crippen LogP contribution in [-0.2, 0) is 4.79 Å². The highest BCUT2D eigenvalue weighted by Gasteiger charge is 2.29. The molecule has 2 aliphatic rings. The second kappa shape index (κ2) is 6.20. The molecule has 136 valence electrons. The van der Waals surface area contributed by atoms with E-state index in [9.17, 15) is 9.59 Å². The quantitative estimate of drug-likeness (QED) is 0.717. The Morgan fingerprint density at radius 2 is 2.19 bits per heavy atom. The lowest BCUT2D eigenvalue weighted by atomic mass is 10.1. The molecular weight excluding hydrogens is 368 g/mol. The van der Waals surface area contributed by atoms with E-state index in [0.29, 0.717) is 28.2 Å². The summed E-state index contributed by atoms with van der Waals surface area (Å²) in [5.74, 6) is 1.25. The zero-order valence-corrected chi connectivity index (χ0v) is 14.8. The molecule has 3 aromatic rings. The fourth-order valence-electron chi connectivity index (χ4n) is 2.82. The summed E-state index contributed by atoms with van der Waals surface area (Å²) in [7, 11) is 0. The van der Waals surface area contributed by atoms with Crippen molar-refractivity contribution in [2.75, 3.05) is 17.2 Å². The standard InChI is InChI=1S/C18H14N4O4S/c23-16-7-25-14-4-3-10(5-11(14)19-16)13-8-27-18(20-13)21-17(24)12-6-15(26-22-12)9-1-2-9/h3-6,8-9H,1-2,7H2,(H,19,23)(H,20,21,24). The van der Waals surface area contributed by atoms with Crippen LogP contribution in [0.3, 0.4) is 0 Å². The van der Waals surface area contributed by atoms with Gasteiger partial charge >= 0.3 is 0 Å². The molecule has 2 N–H and O–H groups in total. The minimum Gasteiger partial charge on any atom is -0.482 e. The van der Waals surface area contributed by atoms with E-state index in [1.807, 2.05) is 11.4 Å². The Morgan fingerprint density at radius 3 is 3.04 bits per heavy atom. The third-order valence-electron chi connectivity index (χ3n) is 4.37. The highest BCUT2D eigenvalue weighted by atomic mass is 32.1. The maximum atomic E-state index is 12.3. The Hall–Kier alpha value is -3.20. The minimum atomic E-state index is -0.349. The Morgan fingerprint density at radius 1 is 1.30 bits per heavy atom. The maximum Gasteiger partial charge on any atom is 0.279 e. The average molecular weight is 382 g/mol. The Kier molecular flexibility index (Phi) is 3.68. The van der Waals surface area contributed by atoms with E-state index in [2.05, 4.69) is 20.8 Å². The molecule has 8 nitrogen and oxygen atoms in total. The number of amides is 2. The molecule has 5 rings (SSSR count). The lowest BCUT2D eigenvalue weighted by Crippen LogP contribution is -2.25. The van der Waals surface area contributed by atoms with Crippen LogP contribution in [0.1, 0.15) is 35.0 Å². The van der Waals surface area contributed by atoms with Crippen LogP contribution >= 0.6 is 11.3 Å². The van der Waals surface area contributed by atoms with E-state index < -0.39 is 0 Å². The van der Waals surface area contributed by atoms with Crippen molar-refractivity contribution in [1.29, 1.82) is 0 Å². The second-order valence-electron chi connectivity index (χ2n) is 6.43. The highest BCUT2D eigenvalue weighted by molar-refractivity contribution is 7.14. The van der Waals surface area contributed by atoms with Crippen LogP contribution in [0, 0.1) is 0 Å². The summed E-state index contributed by atoms with van der Waals surface area (Å²) < 4.78 is 10.6. The van der Waals surface area contributed by atoms with Gasteiger partial charge in [-0.15, -0.1) is 11.3 Å². The molecule has 0 atom stereocenters. The Labute approximate surface area is 157 Å². The molecule has 2 amide bonds. The number of rotatable bonds is 4. The van der Waals surface area contributed by atoms with Gasteiger partial charge in [-0.1, -0.05) is 5.16 Å². The van der Waals surface area contributed by atoms with E-state index in [-0.39, 0.29) is 24.1 Å². The molecule has 3 heterocycles. The van der Waals surface area contributed by atoms with Crippen LogP contribution in [0.5, 0.6) is 5.75 Å². The minimum absolute atomic E-state index is 0.0176. The van der Waals surface area contributed by atoms with Gasteiger partial charge in [0.1, 0.15) is 11.5 Å². The largest absolute Gasteiger partial charge is 0.482 e. The average Bonchev–Trinajstić information content (AvgIpc) is 3.21. The van der Waals surface area contributed by atoms with E-state index in [1.165, 1.54) is 11.3 Å². The summed E-state index contributed by atoms with van der Waals surface area (Å²) in [4.78, 5) is 28.2. The van der Waals surface area contributed by atoms with Gasteiger partial charge in [-0.25, -0.2) is 4.98 Å². The van der Waals surface area contributed by atoms with Crippen molar-refractivity contribution >= 4 is 34.0 Å². The van der Waals surface area contributed by atoms with Crippen molar-refractivity contribution in [1.82, 2.24) is 10.1 Å². The zero-order chi connectivity index (χ0) is 18.4. The first kappa shape index (κ1) is 16.0. The first-order chi connectivity index (χ1) is 13.2. The summed E-state index contributed by atoms with van der Waals surface area (Å²) >= 11 is 1.31. The number of carbonyl (C=O) groups excluding carboxylic acids is 2. The molecule has 1 aliphatic heterocycles. The zero-order valence-electron chi connectivity index (χ0n) is 14.0. The molecule has 9 heteroatoms. The fourth-order valence-corrected chi connectivity index (χ4v) is 3.54. The Bertz CT molecular complexity index is 1050. The normalized spacial score (nSPS) is 15.6. The first-order valence-corrected chi connectivity index (χ1v) is 9.34. The van der Waals surface area contributed by atoms with Gasteiger partial charge in [-0.05, 0) is 31.0 Å². The molecule has 1 fully saturated rings. The SMILES string of the molecule is O=C1COc2ccc(-c3csc(NC(=O)c4cc(C5CC5)on4)n3)cc2N1.